The lowest BCUT2D eigenvalue weighted by molar-refractivity contribution is 0.0699. The van der Waals surface area contributed by atoms with Gasteiger partial charge in [0.2, 0.25) is 0 Å². The number of aromatic carboxylic acids is 1. The molecule has 20 heavy (non-hydrogen) atoms. The summed E-state index contributed by atoms with van der Waals surface area (Å²) in [6, 6.07) is 12.5. The van der Waals surface area contributed by atoms with Crippen LogP contribution < -0.4 is 0 Å². The summed E-state index contributed by atoms with van der Waals surface area (Å²) in [5.41, 5.74) is 2.50. The van der Waals surface area contributed by atoms with Crippen molar-refractivity contribution in [2.24, 2.45) is 0 Å². The summed E-state index contributed by atoms with van der Waals surface area (Å²) in [4.78, 5) is 11.5. The lowest BCUT2D eigenvalue weighted by atomic mass is 10.0. The molecule has 3 nitrogen and oxygen atoms in total. The first-order valence-electron chi connectivity index (χ1n) is 6.08. The molecule has 1 heterocycles. The number of carboxylic acid groups (broad SMARTS) is 1. The molecular formula is C16H11ClO3. The Labute approximate surface area is 120 Å². The molecule has 0 aliphatic carbocycles. The van der Waals surface area contributed by atoms with Crippen molar-refractivity contribution in [2.75, 3.05) is 0 Å². The predicted molar refractivity (Wildman–Crippen MR) is 78.4 cm³/mol. The molecule has 100 valence electrons. The highest BCUT2D eigenvalue weighted by Crippen LogP contribution is 2.35. The van der Waals surface area contributed by atoms with Gasteiger partial charge in [0.25, 0.3) is 0 Å². The molecule has 0 saturated carbocycles. The highest BCUT2D eigenvalue weighted by Gasteiger charge is 2.21. The van der Waals surface area contributed by atoms with Crippen LogP contribution in [0.4, 0.5) is 0 Å². The zero-order chi connectivity index (χ0) is 14.3. The summed E-state index contributed by atoms with van der Waals surface area (Å²) in [5, 5.41) is 10.5. The van der Waals surface area contributed by atoms with E-state index in [1.807, 2.05) is 31.2 Å². The van der Waals surface area contributed by atoms with Gasteiger partial charge in [-0.05, 0) is 25.1 Å². The van der Waals surface area contributed by atoms with E-state index in [0.29, 0.717) is 21.8 Å². The Balaban J connectivity index is 2.32. The molecule has 0 radical (unpaired) electrons. The highest BCUT2D eigenvalue weighted by molar-refractivity contribution is 6.31. The van der Waals surface area contributed by atoms with Crippen LogP contribution in [0.25, 0.3) is 22.3 Å². The van der Waals surface area contributed by atoms with Crippen molar-refractivity contribution in [3.05, 3.63) is 58.6 Å². The number of rotatable bonds is 2. The van der Waals surface area contributed by atoms with Crippen LogP contribution in [0.1, 0.15) is 15.9 Å². The lowest BCUT2D eigenvalue weighted by Crippen LogP contribution is -1.97. The van der Waals surface area contributed by atoms with Crippen LogP contribution in [0.2, 0.25) is 5.02 Å². The Hall–Kier alpha value is -2.26. The normalized spacial score (nSPS) is 10.9. The van der Waals surface area contributed by atoms with E-state index in [0.717, 1.165) is 11.1 Å². The fraction of sp³-hybridized carbons (Fsp3) is 0.0625. The summed E-state index contributed by atoms with van der Waals surface area (Å²) in [6.45, 7) is 1.97. The fourth-order valence-corrected chi connectivity index (χ4v) is 2.36. The number of hydrogen-bond acceptors (Lipinski definition) is 2. The molecule has 0 fully saturated rings. The third-order valence-corrected chi connectivity index (χ3v) is 3.41. The van der Waals surface area contributed by atoms with Gasteiger partial charge in [0.15, 0.2) is 0 Å². The Morgan fingerprint density at radius 2 is 1.85 bits per heavy atom. The van der Waals surface area contributed by atoms with E-state index in [2.05, 4.69) is 0 Å². The smallest absolute Gasteiger partial charge is 0.340 e. The SMILES string of the molecule is Cc1ccc(-c2oc3ccc(Cl)cc3c2C(=O)O)cc1. The van der Waals surface area contributed by atoms with Gasteiger partial charge in [-0.3, -0.25) is 0 Å². The van der Waals surface area contributed by atoms with Gasteiger partial charge < -0.3 is 9.52 Å². The Bertz CT molecular complexity index is 800. The van der Waals surface area contributed by atoms with Crippen molar-refractivity contribution in [2.45, 2.75) is 6.92 Å². The molecule has 2 aromatic carbocycles. The maximum absolute atomic E-state index is 11.5. The van der Waals surface area contributed by atoms with Crippen LogP contribution in [0.3, 0.4) is 0 Å². The second kappa shape index (κ2) is 4.69. The first-order chi connectivity index (χ1) is 9.56. The van der Waals surface area contributed by atoms with E-state index >= 15 is 0 Å². The maximum Gasteiger partial charge on any atom is 0.340 e. The lowest BCUT2D eigenvalue weighted by Gasteiger charge is -2.00. The standard InChI is InChI=1S/C16H11ClO3/c1-9-2-4-10(5-3-9)15-14(16(18)19)12-8-11(17)6-7-13(12)20-15/h2-8H,1H3,(H,18,19). The van der Waals surface area contributed by atoms with Gasteiger partial charge in [0.05, 0.1) is 0 Å². The number of carboxylic acids is 1. The second-order valence-electron chi connectivity index (χ2n) is 4.62. The molecule has 0 unspecified atom stereocenters. The van der Waals surface area contributed by atoms with E-state index in [1.54, 1.807) is 18.2 Å². The van der Waals surface area contributed by atoms with Gasteiger partial charge in [-0.15, -0.1) is 0 Å². The van der Waals surface area contributed by atoms with Gasteiger partial charge in [0.1, 0.15) is 16.9 Å². The van der Waals surface area contributed by atoms with Crippen molar-refractivity contribution < 1.29 is 14.3 Å². The molecule has 4 heteroatoms. The van der Waals surface area contributed by atoms with Gasteiger partial charge in [0, 0.05) is 16.0 Å². The monoisotopic (exact) mass is 286 g/mol. The molecule has 0 bridgehead atoms. The molecule has 1 N–H and O–H groups in total. The van der Waals surface area contributed by atoms with E-state index in [4.69, 9.17) is 16.0 Å². The molecule has 0 spiro atoms. The molecule has 0 aliphatic rings. The number of furan rings is 1. The molecule has 3 aromatic rings. The minimum atomic E-state index is -1.03. The molecule has 0 aliphatic heterocycles. The van der Waals surface area contributed by atoms with E-state index in [9.17, 15) is 9.90 Å². The third kappa shape index (κ3) is 2.06. The minimum absolute atomic E-state index is 0.145. The van der Waals surface area contributed by atoms with Crippen LogP contribution in [0.15, 0.2) is 46.9 Å². The van der Waals surface area contributed by atoms with Gasteiger partial charge in [-0.1, -0.05) is 41.4 Å². The number of aryl methyl sites for hydroxylation is 1. The number of halogens is 1. The third-order valence-electron chi connectivity index (χ3n) is 3.18. The first-order valence-corrected chi connectivity index (χ1v) is 6.46. The first kappa shape index (κ1) is 12.8. The number of carbonyl (C=O) groups is 1. The van der Waals surface area contributed by atoms with Crippen LogP contribution in [-0.4, -0.2) is 11.1 Å². The van der Waals surface area contributed by atoms with Crippen LogP contribution in [0, 0.1) is 6.92 Å². The van der Waals surface area contributed by atoms with E-state index < -0.39 is 5.97 Å². The van der Waals surface area contributed by atoms with Gasteiger partial charge >= 0.3 is 5.97 Å². The zero-order valence-corrected chi connectivity index (χ0v) is 11.4. The van der Waals surface area contributed by atoms with Crippen LogP contribution in [-0.2, 0) is 0 Å². The van der Waals surface area contributed by atoms with Crippen molar-refractivity contribution in [3.63, 3.8) is 0 Å². The number of benzene rings is 2. The number of fused-ring (bicyclic) bond motifs is 1. The summed E-state index contributed by atoms with van der Waals surface area (Å²) >= 11 is 5.94. The summed E-state index contributed by atoms with van der Waals surface area (Å²) in [6.07, 6.45) is 0. The highest BCUT2D eigenvalue weighted by atomic mass is 35.5. The summed E-state index contributed by atoms with van der Waals surface area (Å²) < 4.78 is 5.70. The number of hydrogen-bond donors (Lipinski definition) is 1. The average molecular weight is 287 g/mol. The second-order valence-corrected chi connectivity index (χ2v) is 5.05. The van der Waals surface area contributed by atoms with Crippen LogP contribution >= 0.6 is 11.6 Å². The fourth-order valence-electron chi connectivity index (χ4n) is 2.19. The van der Waals surface area contributed by atoms with Gasteiger partial charge in [-0.2, -0.15) is 0 Å². The maximum atomic E-state index is 11.5. The molecule has 0 amide bonds. The zero-order valence-electron chi connectivity index (χ0n) is 10.7. The average Bonchev–Trinajstić information content (AvgIpc) is 2.78. The van der Waals surface area contributed by atoms with Gasteiger partial charge in [-0.25, -0.2) is 4.79 Å². The Kier molecular flexibility index (Phi) is 2.99. The summed E-state index contributed by atoms with van der Waals surface area (Å²) in [5.74, 6) is -0.670. The minimum Gasteiger partial charge on any atom is -0.478 e. The molecule has 0 atom stereocenters. The topological polar surface area (TPSA) is 50.4 Å². The van der Waals surface area contributed by atoms with Crippen molar-refractivity contribution in [1.82, 2.24) is 0 Å². The predicted octanol–water partition coefficient (Wildman–Crippen LogP) is 4.76. The largest absolute Gasteiger partial charge is 0.478 e. The quantitative estimate of drug-likeness (QED) is 0.739. The van der Waals surface area contributed by atoms with Crippen LogP contribution in [0.5, 0.6) is 0 Å². The molecular weight excluding hydrogens is 276 g/mol. The Morgan fingerprint density at radius 3 is 2.50 bits per heavy atom. The molecule has 1 aromatic heterocycles. The molecule has 0 saturated heterocycles. The van der Waals surface area contributed by atoms with Crippen molar-refractivity contribution >= 4 is 28.5 Å². The summed E-state index contributed by atoms with van der Waals surface area (Å²) in [7, 11) is 0. The van der Waals surface area contributed by atoms with E-state index in [1.165, 1.54) is 0 Å². The molecule has 3 rings (SSSR count). The van der Waals surface area contributed by atoms with E-state index in [-0.39, 0.29) is 5.56 Å². The van der Waals surface area contributed by atoms with Crippen molar-refractivity contribution in [3.8, 4) is 11.3 Å². The Morgan fingerprint density at radius 1 is 1.15 bits per heavy atom. The van der Waals surface area contributed by atoms with Crippen molar-refractivity contribution in [1.29, 1.82) is 0 Å².